The summed E-state index contributed by atoms with van der Waals surface area (Å²) < 4.78 is 26.8. The average molecular weight is 233 g/mol. The van der Waals surface area contributed by atoms with Crippen LogP contribution in [0.4, 0.5) is 8.78 Å². The molecule has 0 unspecified atom stereocenters. The number of aryl methyl sites for hydroxylation is 1. The summed E-state index contributed by atoms with van der Waals surface area (Å²) in [4.78, 5) is 14.5. The van der Waals surface area contributed by atoms with Crippen molar-refractivity contribution in [1.82, 2.24) is 4.98 Å². The maximum Gasteiger partial charge on any atom is 0.155 e. The third-order valence-electron chi connectivity index (χ3n) is 2.40. The molecular formula is C13H9F2NO. The Labute approximate surface area is 96.9 Å². The van der Waals surface area contributed by atoms with Gasteiger partial charge in [-0.05, 0) is 30.7 Å². The van der Waals surface area contributed by atoms with Crippen LogP contribution in [0.3, 0.4) is 0 Å². The van der Waals surface area contributed by atoms with Gasteiger partial charge in [0.25, 0.3) is 0 Å². The van der Waals surface area contributed by atoms with E-state index in [-0.39, 0.29) is 6.29 Å². The molecule has 0 N–H and O–H groups in total. The van der Waals surface area contributed by atoms with E-state index < -0.39 is 17.2 Å². The number of halogens is 2. The van der Waals surface area contributed by atoms with Crippen LogP contribution >= 0.6 is 0 Å². The minimum atomic E-state index is -0.877. The van der Waals surface area contributed by atoms with E-state index in [1.165, 1.54) is 0 Å². The standard InChI is InChI=1S/C13H9F2NO/c1-8-2-3-13(16-6-8)9-4-11(14)10(7-17)12(15)5-9/h2-7H,1H3. The van der Waals surface area contributed by atoms with Crippen LogP contribution < -0.4 is 0 Å². The zero-order valence-electron chi connectivity index (χ0n) is 9.08. The Kier molecular flexibility index (Phi) is 2.95. The SMILES string of the molecule is Cc1ccc(-c2cc(F)c(C=O)c(F)c2)nc1. The van der Waals surface area contributed by atoms with Gasteiger partial charge in [-0.1, -0.05) is 6.07 Å². The summed E-state index contributed by atoms with van der Waals surface area (Å²) in [5, 5.41) is 0. The molecule has 17 heavy (non-hydrogen) atoms. The van der Waals surface area contributed by atoms with Gasteiger partial charge >= 0.3 is 0 Å². The van der Waals surface area contributed by atoms with Crippen molar-refractivity contribution in [3.05, 3.63) is 53.2 Å². The third-order valence-corrected chi connectivity index (χ3v) is 2.40. The van der Waals surface area contributed by atoms with E-state index in [0.717, 1.165) is 17.7 Å². The van der Waals surface area contributed by atoms with Crippen molar-refractivity contribution in [3.8, 4) is 11.3 Å². The second kappa shape index (κ2) is 4.41. The lowest BCUT2D eigenvalue weighted by atomic mass is 10.1. The minimum Gasteiger partial charge on any atom is -0.298 e. The molecule has 0 aliphatic heterocycles. The van der Waals surface area contributed by atoms with E-state index >= 15 is 0 Å². The van der Waals surface area contributed by atoms with Gasteiger partial charge in [0, 0.05) is 11.8 Å². The van der Waals surface area contributed by atoms with Crippen molar-refractivity contribution < 1.29 is 13.6 Å². The number of rotatable bonds is 2. The van der Waals surface area contributed by atoms with Crippen LogP contribution in [0.1, 0.15) is 15.9 Å². The average Bonchev–Trinajstić information content (AvgIpc) is 2.29. The molecule has 0 bridgehead atoms. The van der Waals surface area contributed by atoms with Crippen molar-refractivity contribution in [1.29, 1.82) is 0 Å². The number of carbonyl (C=O) groups excluding carboxylic acids is 1. The van der Waals surface area contributed by atoms with Gasteiger partial charge < -0.3 is 0 Å². The van der Waals surface area contributed by atoms with Gasteiger partial charge in [-0.2, -0.15) is 0 Å². The summed E-state index contributed by atoms with van der Waals surface area (Å²) in [6.45, 7) is 1.87. The summed E-state index contributed by atoms with van der Waals surface area (Å²) in [6, 6.07) is 5.67. The van der Waals surface area contributed by atoms with E-state index in [4.69, 9.17) is 0 Å². The third kappa shape index (κ3) is 2.20. The normalized spacial score (nSPS) is 10.3. The number of carbonyl (C=O) groups is 1. The smallest absolute Gasteiger partial charge is 0.155 e. The van der Waals surface area contributed by atoms with Crippen LogP contribution in [-0.4, -0.2) is 11.3 Å². The van der Waals surface area contributed by atoms with E-state index in [0.29, 0.717) is 11.3 Å². The Balaban J connectivity index is 2.54. The van der Waals surface area contributed by atoms with Crippen LogP contribution in [0.2, 0.25) is 0 Å². The van der Waals surface area contributed by atoms with E-state index in [9.17, 15) is 13.6 Å². The lowest BCUT2D eigenvalue weighted by Crippen LogP contribution is -1.95. The Morgan fingerprint density at radius 3 is 2.29 bits per heavy atom. The van der Waals surface area contributed by atoms with Gasteiger partial charge in [0.1, 0.15) is 11.6 Å². The second-order valence-corrected chi connectivity index (χ2v) is 3.69. The summed E-state index contributed by atoms with van der Waals surface area (Å²) >= 11 is 0. The molecule has 0 saturated carbocycles. The minimum absolute atomic E-state index is 0.164. The Bertz CT molecular complexity index is 541. The Hall–Kier alpha value is -2.10. The molecule has 0 amide bonds. The lowest BCUT2D eigenvalue weighted by molar-refractivity contribution is 0.111. The van der Waals surface area contributed by atoms with Gasteiger partial charge in [-0.25, -0.2) is 8.78 Å². The highest BCUT2D eigenvalue weighted by Crippen LogP contribution is 2.22. The van der Waals surface area contributed by atoms with Gasteiger partial charge in [0.15, 0.2) is 6.29 Å². The van der Waals surface area contributed by atoms with Crippen molar-refractivity contribution in [2.45, 2.75) is 6.92 Å². The maximum atomic E-state index is 13.4. The molecule has 0 spiro atoms. The summed E-state index contributed by atoms with van der Waals surface area (Å²) in [5.74, 6) is -1.75. The largest absolute Gasteiger partial charge is 0.298 e. The first-order valence-corrected chi connectivity index (χ1v) is 4.99. The van der Waals surface area contributed by atoms with Crippen molar-refractivity contribution in [3.63, 3.8) is 0 Å². The first kappa shape index (κ1) is 11.4. The number of aromatic nitrogens is 1. The molecule has 0 aliphatic carbocycles. The molecule has 2 nitrogen and oxygen atoms in total. The van der Waals surface area contributed by atoms with E-state index in [1.54, 1.807) is 18.3 Å². The molecule has 4 heteroatoms. The predicted octanol–water partition coefficient (Wildman–Crippen LogP) is 3.15. The monoisotopic (exact) mass is 233 g/mol. The molecule has 0 aliphatic rings. The zero-order chi connectivity index (χ0) is 12.4. The molecule has 0 fully saturated rings. The van der Waals surface area contributed by atoms with Crippen LogP contribution in [0.25, 0.3) is 11.3 Å². The van der Waals surface area contributed by atoms with Crippen molar-refractivity contribution in [2.75, 3.05) is 0 Å². The van der Waals surface area contributed by atoms with Gasteiger partial charge in [0.2, 0.25) is 0 Å². The number of aldehydes is 1. The molecule has 86 valence electrons. The van der Waals surface area contributed by atoms with E-state index in [1.807, 2.05) is 6.92 Å². The second-order valence-electron chi connectivity index (χ2n) is 3.69. The van der Waals surface area contributed by atoms with E-state index in [2.05, 4.69) is 4.98 Å². The molecule has 1 aromatic heterocycles. The first-order valence-electron chi connectivity index (χ1n) is 4.99. The molecule has 0 atom stereocenters. The van der Waals surface area contributed by atoms with Gasteiger partial charge in [-0.15, -0.1) is 0 Å². The van der Waals surface area contributed by atoms with Gasteiger partial charge in [0.05, 0.1) is 11.3 Å². The predicted molar refractivity (Wildman–Crippen MR) is 59.7 cm³/mol. The maximum absolute atomic E-state index is 13.4. The number of hydrogen-bond acceptors (Lipinski definition) is 2. The molecule has 1 heterocycles. The van der Waals surface area contributed by atoms with Crippen LogP contribution in [0.5, 0.6) is 0 Å². The number of nitrogens with zero attached hydrogens (tertiary/aromatic N) is 1. The fraction of sp³-hybridized carbons (Fsp3) is 0.0769. The van der Waals surface area contributed by atoms with Crippen LogP contribution in [0, 0.1) is 18.6 Å². The highest BCUT2D eigenvalue weighted by atomic mass is 19.1. The topological polar surface area (TPSA) is 30.0 Å². The Morgan fingerprint density at radius 1 is 1.18 bits per heavy atom. The molecule has 1 aromatic carbocycles. The highest BCUT2D eigenvalue weighted by Gasteiger charge is 2.11. The number of hydrogen-bond donors (Lipinski definition) is 0. The summed E-state index contributed by atoms with van der Waals surface area (Å²) in [7, 11) is 0. The number of benzene rings is 1. The van der Waals surface area contributed by atoms with Crippen molar-refractivity contribution >= 4 is 6.29 Å². The molecule has 0 saturated heterocycles. The van der Waals surface area contributed by atoms with Crippen LogP contribution in [-0.2, 0) is 0 Å². The quantitative estimate of drug-likeness (QED) is 0.746. The van der Waals surface area contributed by atoms with Gasteiger partial charge in [-0.3, -0.25) is 9.78 Å². The zero-order valence-corrected chi connectivity index (χ0v) is 9.08. The molecule has 2 rings (SSSR count). The molecular weight excluding hydrogens is 224 g/mol. The first-order chi connectivity index (χ1) is 8.11. The summed E-state index contributed by atoms with van der Waals surface area (Å²) in [6.07, 6.45) is 1.77. The lowest BCUT2D eigenvalue weighted by Gasteiger charge is -2.04. The number of pyridine rings is 1. The highest BCUT2D eigenvalue weighted by molar-refractivity contribution is 5.77. The fourth-order valence-electron chi connectivity index (χ4n) is 1.48. The Morgan fingerprint density at radius 2 is 1.82 bits per heavy atom. The molecule has 0 radical (unpaired) electrons. The molecule has 2 aromatic rings. The fourth-order valence-corrected chi connectivity index (χ4v) is 1.48. The summed E-state index contributed by atoms with van der Waals surface area (Å²) in [5.41, 5.74) is 1.18. The van der Waals surface area contributed by atoms with Crippen molar-refractivity contribution in [2.24, 2.45) is 0 Å². The van der Waals surface area contributed by atoms with Crippen LogP contribution in [0.15, 0.2) is 30.5 Å².